The average molecular weight is 323 g/mol. The lowest BCUT2D eigenvalue weighted by molar-refractivity contribution is 0.0166. The first-order chi connectivity index (χ1) is 10.7. The third-order valence-electron chi connectivity index (χ3n) is 3.77. The summed E-state index contributed by atoms with van der Waals surface area (Å²) in [5.74, 6) is -0.00692. The first-order valence-electron chi connectivity index (χ1n) is 7.83. The molecule has 1 unspecified atom stereocenters. The molecule has 1 aliphatic heterocycles. The molecule has 1 amide bonds. The number of nitrogens with one attached hydrogen (secondary N) is 1. The van der Waals surface area contributed by atoms with Crippen LogP contribution >= 0.6 is 11.8 Å². The third-order valence-corrected chi connectivity index (χ3v) is 4.49. The van der Waals surface area contributed by atoms with Crippen LogP contribution in [0.15, 0.2) is 23.1 Å². The molecule has 1 heterocycles. The van der Waals surface area contributed by atoms with Crippen LogP contribution in [0.1, 0.15) is 35.2 Å². The number of ether oxygens (including phenoxy) is 2. The average Bonchev–Trinajstić information content (AvgIpc) is 3.04. The predicted molar refractivity (Wildman–Crippen MR) is 89.7 cm³/mol. The minimum Gasteiger partial charge on any atom is -0.379 e. The molecule has 1 aromatic carbocycles. The van der Waals surface area contributed by atoms with Gasteiger partial charge >= 0.3 is 0 Å². The minimum absolute atomic E-state index is 0.00692. The monoisotopic (exact) mass is 323 g/mol. The van der Waals surface area contributed by atoms with E-state index in [2.05, 4.69) is 5.32 Å². The zero-order valence-electron chi connectivity index (χ0n) is 13.4. The molecular weight excluding hydrogens is 298 g/mol. The van der Waals surface area contributed by atoms with Crippen molar-refractivity contribution in [1.29, 1.82) is 0 Å². The van der Waals surface area contributed by atoms with E-state index in [4.69, 9.17) is 9.47 Å². The van der Waals surface area contributed by atoms with Crippen LogP contribution in [0.25, 0.3) is 0 Å². The second-order valence-electron chi connectivity index (χ2n) is 5.50. The van der Waals surface area contributed by atoms with Gasteiger partial charge in [0.1, 0.15) is 0 Å². The van der Waals surface area contributed by atoms with Gasteiger partial charge in [0.2, 0.25) is 0 Å². The van der Waals surface area contributed by atoms with E-state index < -0.39 is 0 Å². The van der Waals surface area contributed by atoms with Crippen LogP contribution in [0.5, 0.6) is 0 Å². The van der Waals surface area contributed by atoms with Gasteiger partial charge in [-0.1, -0.05) is 6.07 Å². The van der Waals surface area contributed by atoms with E-state index in [1.165, 1.54) is 0 Å². The van der Waals surface area contributed by atoms with Crippen molar-refractivity contribution in [3.05, 3.63) is 29.3 Å². The topological polar surface area (TPSA) is 47.6 Å². The second kappa shape index (κ2) is 9.18. The maximum atomic E-state index is 12.2. The van der Waals surface area contributed by atoms with E-state index in [1.54, 1.807) is 11.8 Å². The normalized spacial score (nSPS) is 17.6. The van der Waals surface area contributed by atoms with Gasteiger partial charge in [-0.3, -0.25) is 4.79 Å². The number of aryl methyl sites for hydroxylation is 1. The molecule has 1 aliphatic rings. The quantitative estimate of drug-likeness (QED) is 0.590. The summed E-state index contributed by atoms with van der Waals surface area (Å²) in [6.45, 7) is 4.78. The molecular formula is C17H25NO3S. The molecule has 5 heteroatoms. The molecule has 2 rings (SSSR count). The fourth-order valence-corrected chi connectivity index (χ4v) is 2.87. The van der Waals surface area contributed by atoms with Gasteiger partial charge in [-0.25, -0.2) is 0 Å². The number of carbonyl (C=O) groups is 1. The summed E-state index contributed by atoms with van der Waals surface area (Å²) >= 11 is 1.64. The summed E-state index contributed by atoms with van der Waals surface area (Å²) in [6, 6.07) is 5.98. The summed E-state index contributed by atoms with van der Waals surface area (Å²) < 4.78 is 11.1. The van der Waals surface area contributed by atoms with Crippen molar-refractivity contribution in [2.45, 2.75) is 37.2 Å². The molecule has 22 heavy (non-hydrogen) atoms. The van der Waals surface area contributed by atoms with Gasteiger partial charge in [0.15, 0.2) is 0 Å². The zero-order chi connectivity index (χ0) is 15.8. The van der Waals surface area contributed by atoms with Crippen LogP contribution in [0.2, 0.25) is 0 Å². The van der Waals surface area contributed by atoms with Crippen molar-refractivity contribution in [2.24, 2.45) is 0 Å². The molecule has 0 aromatic heterocycles. The lowest BCUT2D eigenvalue weighted by atomic mass is 10.1. The summed E-state index contributed by atoms with van der Waals surface area (Å²) in [7, 11) is 0. The number of carbonyl (C=O) groups excluding carboxylic acids is 1. The van der Waals surface area contributed by atoms with Gasteiger partial charge in [0.05, 0.1) is 12.7 Å². The Bertz CT molecular complexity index is 487. The first-order valence-corrected chi connectivity index (χ1v) is 9.05. The number of hydrogen-bond acceptors (Lipinski definition) is 4. The van der Waals surface area contributed by atoms with E-state index in [0.717, 1.165) is 41.9 Å². The Kier molecular flexibility index (Phi) is 7.22. The highest BCUT2D eigenvalue weighted by Crippen LogP contribution is 2.19. The molecule has 1 saturated heterocycles. The Hall–Kier alpha value is -1.04. The Morgan fingerprint density at radius 3 is 3.09 bits per heavy atom. The molecule has 4 nitrogen and oxygen atoms in total. The molecule has 1 N–H and O–H groups in total. The lowest BCUT2D eigenvalue weighted by Crippen LogP contribution is -2.26. The molecule has 1 aromatic rings. The maximum absolute atomic E-state index is 12.2. The van der Waals surface area contributed by atoms with Crippen LogP contribution in [-0.4, -0.2) is 44.6 Å². The largest absolute Gasteiger partial charge is 0.379 e. The fourth-order valence-electron chi connectivity index (χ4n) is 2.43. The van der Waals surface area contributed by atoms with Crippen molar-refractivity contribution in [1.82, 2.24) is 5.32 Å². The fraction of sp³-hybridized carbons (Fsp3) is 0.588. The summed E-state index contributed by atoms with van der Waals surface area (Å²) in [4.78, 5) is 13.3. The first kappa shape index (κ1) is 17.3. The maximum Gasteiger partial charge on any atom is 0.251 e. The summed E-state index contributed by atoms with van der Waals surface area (Å²) in [5.41, 5.74) is 1.76. The zero-order valence-corrected chi connectivity index (χ0v) is 14.2. The highest BCUT2D eigenvalue weighted by Gasteiger charge is 2.15. The van der Waals surface area contributed by atoms with E-state index in [1.807, 2.05) is 31.4 Å². The highest BCUT2D eigenvalue weighted by atomic mass is 32.2. The third kappa shape index (κ3) is 5.30. The molecule has 122 valence electrons. The number of amides is 1. The van der Waals surface area contributed by atoms with E-state index in [-0.39, 0.29) is 12.0 Å². The molecule has 1 fully saturated rings. The van der Waals surface area contributed by atoms with Gasteiger partial charge in [-0.05, 0) is 50.1 Å². The van der Waals surface area contributed by atoms with E-state index in [0.29, 0.717) is 19.8 Å². The van der Waals surface area contributed by atoms with Crippen molar-refractivity contribution in [2.75, 3.05) is 32.6 Å². The Balaban J connectivity index is 1.65. The van der Waals surface area contributed by atoms with Crippen molar-refractivity contribution in [3.63, 3.8) is 0 Å². The van der Waals surface area contributed by atoms with Gasteiger partial charge in [-0.2, -0.15) is 0 Å². The standard InChI is InChI=1S/C17H25NO3S/c1-13-6-7-15(22-2)11-16(13)17(19)18-8-4-9-20-12-14-5-3-10-21-14/h6-7,11,14H,3-5,8-10,12H2,1-2H3,(H,18,19). The van der Waals surface area contributed by atoms with E-state index >= 15 is 0 Å². The van der Waals surface area contributed by atoms with Crippen molar-refractivity contribution in [3.8, 4) is 0 Å². The summed E-state index contributed by atoms with van der Waals surface area (Å²) in [5, 5.41) is 2.96. The number of hydrogen-bond donors (Lipinski definition) is 1. The van der Waals surface area contributed by atoms with Crippen molar-refractivity contribution >= 4 is 17.7 Å². The molecule has 0 radical (unpaired) electrons. The Morgan fingerprint density at radius 1 is 1.50 bits per heavy atom. The number of thioether (sulfide) groups is 1. The van der Waals surface area contributed by atoms with Gasteiger partial charge in [-0.15, -0.1) is 11.8 Å². The summed E-state index contributed by atoms with van der Waals surface area (Å²) in [6.07, 6.45) is 5.34. The molecule has 1 atom stereocenters. The smallest absolute Gasteiger partial charge is 0.251 e. The minimum atomic E-state index is -0.00692. The molecule has 0 bridgehead atoms. The van der Waals surface area contributed by atoms with Crippen LogP contribution in [0, 0.1) is 6.92 Å². The number of benzene rings is 1. The van der Waals surface area contributed by atoms with Crippen LogP contribution < -0.4 is 5.32 Å². The highest BCUT2D eigenvalue weighted by molar-refractivity contribution is 7.98. The molecule has 0 saturated carbocycles. The van der Waals surface area contributed by atoms with Gasteiger partial charge < -0.3 is 14.8 Å². The van der Waals surface area contributed by atoms with Gasteiger partial charge in [0, 0.05) is 30.2 Å². The van der Waals surface area contributed by atoms with Crippen LogP contribution in [0.3, 0.4) is 0 Å². The van der Waals surface area contributed by atoms with E-state index in [9.17, 15) is 4.79 Å². The lowest BCUT2D eigenvalue weighted by Gasteiger charge is -2.11. The predicted octanol–water partition coefficient (Wildman–Crippen LogP) is 3.03. The molecule has 0 spiro atoms. The molecule has 0 aliphatic carbocycles. The Labute approximate surface area is 137 Å². The van der Waals surface area contributed by atoms with Crippen LogP contribution in [-0.2, 0) is 9.47 Å². The number of rotatable bonds is 8. The van der Waals surface area contributed by atoms with Gasteiger partial charge in [0.25, 0.3) is 5.91 Å². The van der Waals surface area contributed by atoms with Crippen LogP contribution in [0.4, 0.5) is 0 Å². The second-order valence-corrected chi connectivity index (χ2v) is 6.38. The van der Waals surface area contributed by atoms with Crippen molar-refractivity contribution < 1.29 is 14.3 Å². The SMILES string of the molecule is CSc1ccc(C)c(C(=O)NCCCOCC2CCCO2)c1. The Morgan fingerprint density at radius 2 is 2.36 bits per heavy atom.